The molecule has 0 saturated carbocycles. The molecule has 9 heteroatoms. The minimum atomic E-state index is -4.05. The Hall–Kier alpha value is -2.00. The molecule has 134 valence electrons. The molecule has 2 rings (SSSR count). The quantitative estimate of drug-likeness (QED) is 0.686. The van der Waals surface area contributed by atoms with Gasteiger partial charge in [0.05, 0.1) is 22.4 Å². The van der Waals surface area contributed by atoms with Crippen molar-refractivity contribution < 1.29 is 22.7 Å². The molecule has 0 bridgehead atoms. The molecule has 1 aliphatic heterocycles. The highest BCUT2D eigenvalue weighted by Crippen LogP contribution is 2.24. The molecule has 1 heterocycles. The van der Waals surface area contributed by atoms with Gasteiger partial charge < -0.3 is 20.5 Å². The summed E-state index contributed by atoms with van der Waals surface area (Å²) < 4.78 is 36.7. The van der Waals surface area contributed by atoms with E-state index in [2.05, 4.69) is 5.32 Å². The molecule has 1 aliphatic rings. The van der Waals surface area contributed by atoms with Crippen molar-refractivity contribution in [3.63, 3.8) is 0 Å². The normalized spacial score (nSPS) is 17.7. The lowest BCUT2D eigenvalue weighted by Crippen LogP contribution is -2.36. The van der Waals surface area contributed by atoms with Crippen LogP contribution < -0.4 is 15.8 Å². The van der Waals surface area contributed by atoms with Gasteiger partial charge in [-0.3, -0.25) is 0 Å². The number of hydrogen-bond donors (Lipinski definition) is 3. The number of ether oxygens (including phenoxy) is 2. The Morgan fingerprint density at radius 3 is 2.62 bits per heavy atom. The zero-order valence-electron chi connectivity index (χ0n) is 14.0. The summed E-state index contributed by atoms with van der Waals surface area (Å²) in [6, 6.07) is 4.17. The maximum Gasteiger partial charge on any atom is 0.421 e. The molecule has 0 aromatic heterocycles. The molecule has 1 fully saturated rings. The fourth-order valence-electron chi connectivity index (χ4n) is 1.99. The van der Waals surface area contributed by atoms with Crippen molar-refractivity contribution in [3.8, 4) is 0 Å². The van der Waals surface area contributed by atoms with Gasteiger partial charge in [-0.05, 0) is 45.4 Å². The van der Waals surface area contributed by atoms with Crippen LogP contribution in [0, 0.1) is 0 Å². The first kappa shape index (κ1) is 18.3. The molecule has 0 spiro atoms. The predicted octanol–water partition coefficient (Wildman–Crippen LogP) is 1.68. The number of amides is 1. The lowest BCUT2D eigenvalue weighted by Gasteiger charge is -2.27. The zero-order chi connectivity index (χ0) is 18.0. The average Bonchev–Trinajstić information content (AvgIpc) is 2.35. The van der Waals surface area contributed by atoms with Gasteiger partial charge in [-0.1, -0.05) is 0 Å². The zero-order valence-corrected chi connectivity index (χ0v) is 14.8. The Bertz CT molecular complexity index is 708. The maximum absolute atomic E-state index is 12.3. The van der Waals surface area contributed by atoms with Gasteiger partial charge in [-0.2, -0.15) is 0 Å². The Morgan fingerprint density at radius 2 is 2.08 bits per heavy atom. The van der Waals surface area contributed by atoms with Gasteiger partial charge in [0.25, 0.3) is 10.0 Å². The molecule has 1 atom stereocenters. The molecule has 0 radical (unpaired) electrons. The van der Waals surface area contributed by atoms with Gasteiger partial charge in [-0.15, -0.1) is 0 Å². The number of nitrogens with one attached hydrogen (secondary N) is 2. The highest BCUT2D eigenvalue weighted by atomic mass is 32.2. The van der Waals surface area contributed by atoms with Crippen molar-refractivity contribution in [3.05, 3.63) is 18.2 Å². The third-order valence-electron chi connectivity index (χ3n) is 3.27. The van der Waals surface area contributed by atoms with E-state index in [-0.39, 0.29) is 11.0 Å². The van der Waals surface area contributed by atoms with Crippen molar-refractivity contribution in [1.29, 1.82) is 0 Å². The van der Waals surface area contributed by atoms with Crippen LogP contribution in [-0.4, -0.2) is 39.4 Å². The fraction of sp³-hybridized carbons (Fsp3) is 0.533. The van der Waals surface area contributed by atoms with Crippen LogP contribution >= 0.6 is 0 Å². The molecule has 24 heavy (non-hydrogen) atoms. The van der Waals surface area contributed by atoms with Crippen molar-refractivity contribution in [2.45, 2.75) is 43.8 Å². The number of rotatable bonds is 5. The van der Waals surface area contributed by atoms with Crippen LogP contribution in [0.25, 0.3) is 0 Å². The molecule has 1 aromatic rings. The molecular weight excluding hydrogens is 334 g/mol. The number of anilines is 2. The first-order valence-corrected chi connectivity index (χ1v) is 9.06. The van der Waals surface area contributed by atoms with E-state index >= 15 is 0 Å². The first-order chi connectivity index (χ1) is 11.1. The SMILES string of the molecule is CC(C)(C)OC(=O)NS(=O)(=O)c1ccc(N)c(NC[C@@H]2CCO2)c1. The lowest BCUT2D eigenvalue weighted by molar-refractivity contribution is -0.0410. The summed E-state index contributed by atoms with van der Waals surface area (Å²) in [5, 5.41) is 3.06. The average molecular weight is 357 g/mol. The van der Waals surface area contributed by atoms with Crippen molar-refractivity contribution in [1.82, 2.24) is 4.72 Å². The van der Waals surface area contributed by atoms with Crippen LogP contribution in [0.3, 0.4) is 0 Å². The molecule has 8 nitrogen and oxygen atoms in total. The van der Waals surface area contributed by atoms with Crippen LogP contribution in [0.2, 0.25) is 0 Å². The smallest absolute Gasteiger partial charge is 0.421 e. The van der Waals surface area contributed by atoms with E-state index in [1.165, 1.54) is 18.2 Å². The van der Waals surface area contributed by atoms with E-state index in [9.17, 15) is 13.2 Å². The van der Waals surface area contributed by atoms with Crippen LogP contribution in [0.15, 0.2) is 23.1 Å². The van der Waals surface area contributed by atoms with Crippen LogP contribution in [0.5, 0.6) is 0 Å². The minimum Gasteiger partial charge on any atom is -0.443 e. The molecule has 1 saturated heterocycles. The van der Waals surface area contributed by atoms with Gasteiger partial charge >= 0.3 is 6.09 Å². The van der Waals surface area contributed by atoms with Gasteiger partial charge in [0.2, 0.25) is 0 Å². The summed E-state index contributed by atoms with van der Waals surface area (Å²) in [6.07, 6.45) is 0.0201. The Labute approximate surface area is 141 Å². The van der Waals surface area contributed by atoms with Gasteiger partial charge in [-0.25, -0.2) is 17.9 Å². The summed E-state index contributed by atoms with van der Waals surface area (Å²) in [5.74, 6) is 0. The second-order valence-electron chi connectivity index (χ2n) is 6.52. The van der Waals surface area contributed by atoms with E-state index in [0.717, 1.165) is 13.0 Å². The molecule has 0 unspecified atom stereocenters. The first-order valence-electron chi connectivity index (χ1n) is 7.58. The Kier molecular flexibility index (Phi) is 5.24. The monoisotopic (exact) mass is 357 g/mol. The summed E-state index contributed by atoms with van der Waals surface area (Å²) in [5.41, 5.74) is 5.94. The number of carbonyl (C=O) groups excluding carboxylic acids is 1. The minimum absolute atomic E-state index is 0.0837. The van der Waals surface area contributed by atoms with Crippen LogP contribution in [0.4, 0.5) is 16.2 Å². The third-order valence-corrected chi connectivity index (χ3v) is 4.58. The summed E-state index contributed by atoms with van der Waals surface area (Å²) in [6.45, 7) is 6.20. The largest absolute Gasteiger partial charge is 0.443 e. The maximum atomic E-state index is 12.3. The Balaban J connectivity index is 2.09. The number of sulfonamides is 1. The summed E-state index contributed by atoms with van der Waals surface area (Å²) >= 11 is 0. The van der Waals surface area contributed by atoms with Crippen molar-refractivity contribution >= 4 is 27.5 Å². The summed E-state index contributed by atoms with van der Waals surface area (Å²) in [7, 11) is -4.05. The van der Waals surface area contributed by atoms with E-state index in [1.54, 1.807) is 20.8 Å². The molecule has 1 aromatic carbocycles. The third kappa shape index (κ3) is 5.00. The van der Waals surface area contributed by atoms with E-state index in [0.29, 0.717) is 17.9 Å². The van der Waals surface area contributed by atoms with E-state index in [4.69, 9.17) is 15.2 Å². The van der Waals surface area contributed by atoms with E-state index in [1.807, 2.05) is 4.72 Å². The predicted molar refractivity (Wildman–Crippen MR) is 90.3 cm³/mol. The summed E-state index contributed by atoms with van der Waals surface area (Å²) in [4.78, 5) is 11.6. The number of hydrogen-bond acceptors (Lipinski definition) is 7. The van der Waals surface area contributed by atoms with Crippen molar-refractivity contribution in [2.24, 2.45) is 0 Å². The topological polar surface area (TPSA) is 120 Å². The number of nitrogen functional groups attached to an aromatic ring is 1. The molecule has 1 amide bonds. The molecular formula is C15H23N3O5S. The highest BCUT2D eigenvalue weighted by molar-refractivity contribution is 7.90. The van der Waals surface area contributed by atoms with Crippen LogP contribution in [0.1, 0.15) is 27.2 Å². The Morgan fingerprint density at radius 1 is 1.42 bits per heavy atom. The number of nitrogens with two attached hydrogens (primary N) is 1. The van der Waals surface area contributed by atoms with Gasteiger partial charge in [0, 0.05) is 13.2 Å². The highest BCUT2D eigenvalue weighted by Gasteiger charge is 2.24. The van der Waals surface area contributed by atoms with Gasteiger partial charge in [0.1, 0.15) is 5.60 Å². The standard InChI is InChI=1S/C15H23N3O5S/c1-15(2,3)23-14(19)18-24(20,21)11-4-5-12(16)13(8-11)17-9-10-6-7-22-10/h4-5,8,10,17H,6-7,9,16H2,1-3H3,(H,18,19)/t10-/m0/s1. The van der Waals surface area contributed by atoms with E-state index < -0.39 is 21.7 Å². The van der Waals surface area contributed by atoms with Gasteiger partial charge in [0.15, 0.2) is 0 Å². The molecule has 4 N–H and O–H groups in total. The molecule has 0 aliphatic carbocycles. The number of benzene rings is 1. The fourth-order valence-corrected chi connectivity index (χ4v) is 2.89. The second-order valence-corrected chi connectivity index (χ2v) is 8.20. The number of carbonyl (C=O) groups is 1. The van der Waals surface area contributed by atoms with Crippen LogP contribution in [-0.2, 0) is 19.5 Å². The lowest BCUT2D eigenvalue weighted by atomic mass is 10.2. The second kappa shape index (κ2) is 6.86. The van der Waals surface area contributed by atoms with Crippen molar-refractivity contribution in [2.75, 3.05) is 24.2 Å².